The van der Waals surface area contributed by atoms with Gasteiger partial charge in [0.2, 0.25) is 10.0 Å². The second-order valence-corrected chi connectivity index (χ2v) is 13.6. The molecule has 1 saturated carbocycles. The van der Waals surface area contributed by atoms with Crippen LogP contribution in [0.5, 0.6) is 0 Å². The molecular formula is C27H40N4O5S2. The van der Waals surface area contributed by atoms with Crippen LogP contribution in [-0.2, 0) is 19.5 Å². The van der Waals surface area contributed by atoms with Crippen LogP contribution >= 0.6 is 11.3 Å². The molecule has 0 unspecified atom stereocenters. The van der Waals surface area contributed by atoms with Gasteiger partial charge in [-0.1, -0.05) is 26.8 Å². The summed E-state index contributed by atoms with van der Waals surface area (Å²) >= 11 is 1.55. The second-order valence-electron chi connectivity index (χ2n) is 10.9. The number of carbonyl (C=O) groups excluding carboxylic acids is 1. The summed E-state index contributed by atoms with van der Waals surface area (Å²) in [5.74, 6) is 0.618. The Labute approximate surface area is 230 Å². The monoisotopic (exact) mass is 564 g/mol. The average molecular weight is 565 g/mol. The van der Waals surface area contributed by atoms with E-state index in [1.165, 1.54) is 0 Å². The lowest BCUT2D eigenvalue weighted by Gasteiger charge is -2.46. The molecule has 1 aliphatic carbocycles. The number of nitrogens with zero attached hydrogens (tertiary/aromatic N) is 1. The quantitative estimate of drug-likeness (QED) is 0.367. The summed E-state index contributed by atoms with van der Waals surface area (Å²) in [5, 5.41) is 7.50. The number of hydrogen-bond acceptors (Lipinski definition) is 8. The number of benzene rings is 1. The van der Waals surface area contributed by atoms with Crippen molar-refractivity contribution in [2.45, 2.75) is 88.8 Å². The van der Waals surface area contributed by atoms with Crippen LogP contribution in [0.15, 0.2) is 29.3 Å². The number of rotatable bonds is 10. The zero-order valence-electron chi connectivity index (χ0n) is 22.9. The van der Waals surface area contributed by atoms with Crippen molar-refractivity contribution in [2.75, 3.05) is 25.1 Å². The fourth-order valence-electron chi connectivity index (χ4n) is 4.95. The van der Waals surface area contributed by atoms with Crippen LogP contribution in [0, 0.1) is 5.92 Å². The largest absolute Gasteiger partial charge is 0.447 e. The van der Waals surface area contributed by atoms with Gasteiger partial charge < -0.3 is 20.1 Å². The van der Waals surface area contributed by atoms with Gasteiger partial charge in [-0.2, -0.15) is 0 Å². The molecule has 2 heterocycles. The Bertz CT molecular complexity index is 1220. The van der Waals surface area contributed by atoms with Crippen molar-refractivity contribution in [1.82, 2.24) is 15.0 Å². The first-order chi connectivity index (χ1) is 18.0. The van der Waals surface area contributed by atoms with Gasteiger partial charge in [-0.25, -0.2) is 22.9 Å². The fourth-order valence-corrected chi connectivity index (χ4v) is 7.43. The van der Waals surface area contributed by atoms with Crippen LogP contribution in [0.25, 0.3) is 10.4 Å². The third kappa shape index (κ3) is 6.50. The molecule has 2 fully saturated rings. The average Bonchev–Trinajstić information content (AvgIpc) is 3.31. The molecule has 1 saturated heterocycles. The van der Waals surface area contributed by atoms with E-state index in [0.717, 1.165) is 41.3 Å². The van der Waals surface area contributed by atoms with Crippen LogP contribution in [0.4, 0.5) is 10.5 Å². The highest BCUT2D eigenvalue weighted by atomic mass is 32.2. The summed E-state index contributed by atoms with van der Waals surface area (Å²) in [6.45, 7) is 11.2. The minimum atomic E-state index is -3.71. The van der Waals surface area contributed by atoms with Gasteiger partial charge in [0.25, 0.3) is 0 Å². The predicted octanol–water partition coefficient (Wildman–Crippen LogP) is 5.11. The third-order valence-corrected chi connectivity index (χ3v) is 10.1. The van der Waals surface area contributed by atoms with Crippen molar-refractivity contribution in [1.29, 1.82) is 0 Å². The molecule has 1 amide bonds. The Balaban J connectivity index is 1.52. The molecule has 0 radical (unpaired) electrons. The second kappa shape index (κ2) is 11.9. The highest BCUT2D eigenvalue weighted by Crippen LogP contribution is 2.40. The van der Waals surface area contributed by atoms with E-state index < -0.39 is 10.0 Å². The molecule has 1 aliphatic heterocycles. The van der Waals surface area contributed by atoms with E-state index >= 15 is 0 Å². The minimum Gasteiger partial charge on any atom is -0.447 e. The number of alkyl carbamates (subject to hydrolysis) is 1. The van der Waals surface area contributed by atoms with Crippen LogP contribution < -0.4 is 15.4 Å². The van der Waals surface area contributed by atoms with Crippen molar-refractivity contribution in [3.8, 4) is 10.4 Å². The molecule has 1 aromatic heterocycles. The minimum absolute atomic E-state index is 0.101. The zero-order valence-corrected chi connectivity index (χ0v) is 24.5. The van der Waals surface area contributed by atoms with Gasteiger partial charge in [-0.05, 0) is 57.6 Å². The van der Waals surface area contributed by atoms with Crippen LogP contribution in [0.3, 0.4) is 0 Å². The van der Waals surface area contributed by atoms with E-state index in [1.807, 2.05) is 26.0 Å². The van der Waals surface area contributed by atoms with Crippen LogP contribution in [0.2, 0.25) is 0 Å². The maximum absolute atomic E-state index is 13.2. The van der Waals surface area contributed by atoms with E-state index in [1.54, 1.807) is 30.5 Å². The maximum atomic E-state index is 13.2. The summed E-state index contributed by atoms with van der Waals surface area (Å²) in [4.78, 5) is 17.7. The zero-order chi connectivity index (χ0) is 27.5. The Kier molecular flexibility index (Phi) is 9.01. The first-order valence-corrected chi connectivity index (χ1v) is 15.8. The Morgan fingerprint density at radius 2 is 1.89 bits per heavy atom. The Morgan fingerprint density at radius 3 is 2.47 bits per heavy atom. The topological polar surface area (TPSA) is 119 Å². The molecule has 38 heavy (non-hydrogen) atoms. The standard InChI is InChI=1S/C27H40N4O5S2/c1-6-29-38(33,34)24-13-21(31-27(17(2)3)15-35-16-27)11-12-22(24)23-14-28-25(37-23)19-7-9-20(10-8-19)30-26(32)36-18(4)5/h11-14,17-20,29,31H,6-10,15-16H2,1-5H3,(H,30,32). The smallest absolute Gasteiger partial charge is 0.407 e. The number of anilines is 1. The number of carbonyl (C=O) groups is 1. The number of amides is 1. The number of aromatic nitrogens is 1. The highest BCUT2D eigenvalue weighted by Gasteiger charge is 2.41. The first-order valence-electron chi connectivity index (χ1n) is 13.5. The van der Waals surface area contributed by atoms with E-state index in [4.69, 9.17) is 14.5 Å². The molecule has 1 aromatic carbocycles. The van der Waals surface area contributed by atoms with Crippen LogP contribution in [0.1, 0.15) is 71.2 Å². The summed E-state index contributed by atoms with van der Waals surface area (Å²) < 4.78 is 39.8. The predicted molar refractivity (Wildman–Crippen MR) is 150 cm³/mol. The molecule has 0 spiro atoms. The molecule has 0 atom stereocenters. The van der Waals surface area contributed by atoms with Gasteiger partial charge >= 0.3 is 6.09 Å². The molecule has 11 heteroatoms. The van der Waals surface area contributed by atoms with E-state index in [2.05, 4.69) is 29.2 Å². The van der Waals surface area contributed by atoms with Gasteiger partial charge in [0.1, 0.15) is 0 Å². The first kappa shape index (κ1) is 28.8. The van der Waals surface area contributed by atoms with Gasteiger partial charge in [-0.15, -0.1) is 11.3 Å². The van der Waals surface area contributed by atoms with Crippen molar-refractivity contribution >= 4 is 33.1 Å². The SMILES string of the molecule is CCNS(=O)(=O)c1cc(NC2(C(C)C)COC2)ccc1-c1cnc(C2CCC(NC(=O)OC(C)C)CC2)s1. The van der Waals surface area contributed by atoms with Crippen molar-refractivity contribution in [3.05, 3.63) is 29.4 Å². The molecule has 210 valence electrons. The van der Waals surface area contributed by atoms with E-state index in [0.29, 0.717) is 31.2 Å². The molecule has 9 nitrogen and oxygen atoms in total. The van der Waals surface area contributed by atoms with Gasteiger partial charge in [-0.3, -0.25) is 0 Å². The lowest BCUT2D eigenvalue weighted by molar-refractivity contribution is -0.0634. The summed E-state index contributed by atoms with van der Waals surface area (Å²) in [5.41, 5.74) is 1.21. The van der Waals surface area contributed by atoms with E-state index in [-0.39, 0.29) is 34.6 Å². The van der Waals surface area contributed by atoms with Gasteiger partial charge in [0.15, 0.2) is 0 Å². The summed E-state index contributed by atoms with van der Waals surface area (Å²) in [6.07, 6.45) is 4.80. The fraction of sp³-hybridized carbons (Fsp3) is 0.630. The van der Waals surface area contributed by atoms with Gasteiger partial charge in [0.05, 0.1) is 39.6 Å². The number of nitrogens with one attached hydrogen (secondary N) is 3. The molecule has 2 aromatic rings. The number of ether oxygens (including phenoxy) is 2. The molecule has 0 bridgehead atoms. The lowest BCUT2D eigenvalue weighted by atomic mass is 9.84. The van der Waals surface area contributed by atoms with Gasteiger partial charge in [0, 0.05) is 36.0 Å². The Morgan fingerprint density at radius 1 is 1.18 bits per heavy atom. The molecule has 2 aliphatic rings. The third-order valence-electron chi connectivity index (χ3n) is 7.35. The number of sulfonamides is 1. The summed E-state index contributed by atoms with van der Waals surface area (Å²) in [7, 11) is -3.71. The van der Waals surface area contributed by atoms with Crippen molar-refractivity contribution in [3.63, 3.8) is 0 Å². The summed E-state index contributed by atoms with van der Waals surface area (Å²) in [6, 6.07) is 5.64. The molecule has 3 N–H and O–H groups in total. The molecule has 4 rings (SSSR count). The highest BCUT2D eigenvalue weighted by molar-refractivity contribution is 7.89. The molecular weight excluding hydrogens is 524 g/mol. The number of thiazole rings is 1. The van der Waals surface area contributed by atoms with Crippen molar-refractivity contribution < 1.29 is 22.7 Å². The van der Waals surface area contributed by atoms with Crippen molar-refractivity contribution in [2.24, 2.45) is 5.92 Å². The van der Waals surface area contributed by atoms with E-state index in [9.17, 15) is 13.2 Å². The number of hydrogen-bond donors (Lipinski definition) is 3. The Hall–Kier alpha value is -2.21. The van der Waals surface area contributed by atoms with Crippen LogP contribution in [-0.4, -0.2) is 56.9 Å². The maximum Gasteiger partial charge on any atom is 0.407 e. The lowest BCUT2D eigenvalue weighted by Crippen LogP contribution is -2.59. The normalized spacial score (nSPS) is 21.2.